The molecular formula is C12H20N2O3. The van der Waals surface area contributed by atoms with E-state index in [9.17, 15) is 9.59 Å². The van der Waals surface area contributed by atoms with Gasteiger partial charge in [-0.25, -0.2) is 4.79 Å². The van der Waals surface area contributed by atoms with Gasteiger partial charge in [0.15, 0.2) is 0 Å². The van der Waals surface area contributed by atoms with Crippen molar-refractivity contribution in [3.05, 3.63) is 0 Å². The number of urea groups is 1. The average molecular weight is 240 g/mol. The van der Waals surface area contributed by atoms with Crippen molar-refractivity contribution in [1.82, 2.24) is 9.80 Å². The molecule has 0 aromatic rings. The summed E-state index contributed by atoms with van der Waals surface area (Å²) in [5.41, 5.74) is 0. The Morgan fingerprint density at radius 3 is 2.35 bits per heavy atom. The molecule has 0 bridgehead atoms. The summed E-state index contributed by atoms with van der Waals surface area (Å²) < 4.78 is 4.77. The van der Waals surface area contributed by atoms with Crippen LogP contribution in [0, 0.1) is 11.8 Å². The Morgan fingerprint density at radius 2 is 1.76 bits per heavy atom. The third-order valence-corrected chi connectivity index (χ3v) is 3.76. The fraction of sp³-hybridized carbons (Fsp3) is 0.833. The molecule has 0 aromatic carbocycles. The zero-order chi connectivity index (χ0) is 12.4. The number of esters is 1. The van der Waals surface area contributed by atoms with Crippen LogP contribution >= 0.6 is 0 Å². The van der Waals surface area contributed by atoms with Crippen LogP contribution in [0.25, 0.3) is 0 Å². The summed E-state index contributed by atoms with van der Waals surface area (Å²) in [6.45, 7) is 4.87. The highest BCUT2D eigenvalue weighted by atomic mass is 16.5. The molecule has 2 fully saturated rings. The molecule has 0 aliphatic carbocycles. The van der Waals surface area contributed by atoms with Crippen molar-refractivity contribution in [2.75, 3.05) is 33.3 Å². The van der Waals surface area contributed by atoms with Crippen molar-refractivity contribution in [1.29, 1.82) is 0 Å². The molecule has 2 amide bonds. The summed E-state index contributed by atoms with van der Waals surface area (Å²) in [7, 11) is 1.40. The molecule has 0 N–H and O–H groups in total. The van der Waals surface area contributed by atoms with Crippen LogP contribution in [0.15, 0.2) is 0 Å². The highest BCUT2D eigenvalue weighted by molar-refractivity contribution is 5.78. The fourth-order valence-electron chi connectivity index (χ4n) is 2.69. The first kappa shape index (κ1) is 12.2. The molecule has 2 heterocycles. The first-order valence-electron chi connectivity index (χ1n) is 6.25. The van der Waals surface area contributed by atoms with Crippen LogP contribution in [-0.4, -0.2) is 55.1 Å². The van der Waals surface area contributed by atoms with E-state index in [-0.39, 0.29) is 23.8 Å². The van der Waals surface area contributed by atoms with Gasteiger partial charge < -0.3 is 14.5 Å². The van der Waals surface area contributed by atoms with E-state index in [0.717, 1.165) is 25.9 Å². The van der Waals surface area contributed by atoms with Crippen LogP contribution in [0.3, 0.4) is 0 Å². The van der Waals surface area contributed by atoms with Crippen LogP contribution in [0.4, 0.5) is 4.79 Å². The normalized spacial score (nSPS) is 28.6. The SMILES string of the molecule is COC(=O)C1CN(C(=O)N2CCCC2)CC1C. The molecule has 2 aliphatic rings. The van der Waals surface area contributed by atoms with Gasteiger partial charge in [0, 0.05) is 26.2 Å². The topological polar surface area (TPSA) is 49.9 Å². The molecule has 0 radical (unpaired) electrons. The summed E-state index contributed by atoms with van der Waals surface area (Å²) >= 11 is 0. The lowest BCUT2D eigenvalue weighted by molar-refractivity contribution is -0.146. The Bertz CT molecular complexity index is 313. The van der Waals surface area contributed by atoms with E-state index in [1.807, 2.05) is 11.8 Å². The Kier molecular flexibility index (Phi) is 3.54. The van der Waals surface area contributed by atoms with Gasteiger partial charge in [-0.15, -0.1) is 0 Å². The smallest absolute Gasteiger partial charge is 0.320 e. The second-order valence-corrected chi connectivity index (χ2v) is 4.99. The van der Waals surface area contributed by atoms with Gasteiger partial charge in [-0.2, -0.15) is 0 Å². The van der Waals surface area contributed by atoms with E-state index in [2.05, 4.69) is 0 Å². The van der Waals surface area contributed by atoms with Crippen molar-refractivity contribution in [2.24, 2.45) is 11.8 Å². The first-order chi connectivity index (χ1) is 8.13. The molecule has 0 spiro atoms. The van der Waals surface area contributed by atoms with Gasteiger partial charge in [0.25, 0.3) is 0 Å². The quantitative estimate of drug-likeness (QED) is 0.641. The van der Waals surface area contributed by atoms with Crippen LogP contribution < -0.4 is 0 Å². The average Bonchev–Trinajstić information content (AvgIpc) is 2.96. The van der Waals surface area contributed by atoms with Crippen molar-refractivity contribution in [3.8, 4) is 0 Å². The second kappa shape index (κ2) is 4.94. The maximum absolute atomic E-state index is 12.1. The van der Waals surface area contributed by atoms with Crippen LogP contribution in [0.5, 0.6) is 0 Å². The minimum Gasteiger partial charge on any atom is -0.469 e. The molecule has 2 rings (SSSR count). The van der Waals surface area contributed by atoms with Crippen molar-refractivity contribution < 1.29 is 14.3 Å². The number of ether oxygens (including phenoxy) is 1. The van der Waals surface area contributed by atoms with E-state index in [1.54, 1.807) is 4.90 Å². The minimum atomic E-state index is -0.200. The number of nitrogens with zero attached hydrogens (tertiary/aromatic N) is 2. The summed E-state index contributed by atoms with van der Waals surface area (Å²) in [5.74, 6) is -0.172. The van der Waals surface area contributed by atoms with E-state index in [1.165, 1.54) is 7.11 Å². The molecule has 2 aliphatic heterocycles. The summed E-state index contributed by atoms with van der Waals surface area (Å²) in [6, 6.07) is 0.0840. The third-order valence-electron chi connectivity index (χ3n) is 3.76. The number of carbonyl (C=O) groups excluding carboxylic acids is 2. The summed E-state index contributed by atoms with van der Waals surface area (Å²) in [4.78, 5) is 27.4. The van der Waals surface area contributed by atoms with Crippen LogP contribution in [0.1, 0.15) is 19.8 Å². The maximum Gasteiger partial charge on any atom is 0.320 e. The lowest BCUT2D eigenvalue weighted by Crippen LogP contribution is -2.40. The number of rotatable bonds is 1. The zero-order valence-corrected chi connectivity index (χ0v) is 10.5. The molecule has 96 valence electrons. The Hall–Kier alpha value is -1.26. The van der Waals surface area contributed by atoms with Gasteiger partial charge in [-0.1, -0.05) is 6.92 Å². The van der Waals surface area contributed by atoms with Crippen molar-refractivity contribution in [3.63, 3.8) is 0 Å². The van der Waals surface area contributed by atoms with Gasteiger partial charge in [0.2, 0.25) is 0 Å². The number of amides is 2. The van der Waals surface area contributed by atoms with E-state index < -0.39 is 0 Å². The Morgan fingerprint density at radius 1 is 1.12 bits per heavy atom. The Balaban J connectivity index is 1.95. The largest absolute Gasteiger partial charge is 0.469 e. The first-order valence-corrected chi connectivity index (χ1v) is 6.25. The van der Waals surface area contributed by atoms with Gasteiger partial charge in [-0.05, 0) is 18.8 Å². The second-order valence-electron chi connectivity index (χ2n) is 4.99. The van der Waals surface area contributed by atoms with Crippen LogP contribution in [-0.2, 0) is 9.53 Å². The zero-order valence-electron chi connectivity index (χ0n) is 10.5. The predicted molar refractivity (Wildman–Crippen MR) is 62.4 cm³/mol. The summed E-state index contributed by atoms with van der Waals surface area (Å²) in [6.07, 6.45) is 2.19. The van der Waals surface area contributed by atoms with E-state index >= 15 is 0 Å². The molecule has 2 saturated heterocycles. The number of hydrogen-bond acceptors (Lipinski definition) is 3. The monoisotopic (exact) mass is 240 g/mol. The molecule has 17 heavy (non-hydrogen) atoms. The number of carbonyl (C=O) groups is 2. The van der Waals surface area contributed by atoms with Gasteiger partial charge in [-0.3, -0.25) is 4.79 Å². The lowest BCUT2D eigenvalue weighted by Gasteiger charge is -2.23. The molecule has 2 unspecified atom stereocenters. The number of likely N-dealkylation sites (tertiary alicyclic amines) is 2. The predicted octanol–water partition coefficient (Wildman–Crippen LogP) is 0.943. The van der Waals surface area contributed by atoms with Gasteiger partial charge >= 0.3 is 12.0 Å². The molecular weight excluding hydrogens is 220 g/mol. The van der Waals surface area contributed by atoms with E-state index in [0.29, 0.717) is 13.1 Å². The number of hydrogen-bond donors (Lipinski definition) is 0. The lowest BCUT2D eigenvalue weighted by atomic mass is 9.99. The molecule has 2 atom stereocenters. The maximum atomic E-state index is 12.1. The van der Waals surface area contributed by atoms with Gasteiger partial charge in [0.1, 0.15) is 0 Å². The highest BCUT2D eigenvalue weighted by Crippen LogP contribution is 2.25. The number of methoxy groups -OCH3 is 1. The van der Waals surface area contributed by atoms with Gasteiger partial charge in [0.05, 0.1) is 13.0 Å². The fourth-order valence-corrected chi connectivity index (χ4v) is 2.69. The van der Waals surface area contributed by atoms with Crippen molar-refractivity contribution >= 4 is 12.0 Å². The molecule has 0 saturated carbocycles. The summed E-state index contributed by atoms with van der Waals surface area (Å²) in [5, 5.41) is 0. The molecule has 5 nitrogen and oxygen atoms in total. The Labute approximate surface area is 102 Å². The molecule has 0 aromatic heterocycles. The minimum absolute atomic E-state index is 0.0840. The molecule has 5 heteroatoms. The standard InChI is InChI=1S/C12H20N2O3/c1-9-7-14(8-10(9)11(15)17-2)12(16)13-5-3-4-6-13/h9-10H,3-8H2,1-2H3. The van der Waals surface area contributed by atoms with Crippen molar-refractivity contribution in [2.45, 2.75) is 19.8 Å². The van der Waals surface area contributed by atoms with Crippen LogP contribution in [0.2, 0.25) is 0 Å². The third kappa shape index (κ3) is 2.37. The highest BCUT2D eigenvalue weighted by Gasteiger charge is 2.39. The van der Waals surface area contributed by atoms with E-state index in [4.69, 9.17) is 4.74 Å².